The summed E-state index contributed by atoms with van der Waals surface area (Å²) in [6.07, 6.45) is 2.40. The first kappa shape index (κ1) is 23.5. The van der Waals surface area contributed by atoms with E-state index in [0.29, 0.717) is 31.9 Å². The fraction of sp³-hybridized carbons (Fsp3) is 0.207. The number of benzene rings is 3. The van der Waals surface area contributed by atoms with E-state index in [0.717, 1.165) is 27.2 Å². The maximum atomic E-state index is 13.2. The molecule has 0 radical (unpaired) electrons. The summed E-state index contributed by atoms with van der Waals surface area (Å²) in [5.74, 6) is -0.468. The van der Waals surface area contributed by atoms with Gasteiger partial charge in [0.2, 0.25) is 0 Å². The summed E-state index contributed by atoms with van der Waals surface area (Å²) in [6, 6.07) is 24.0. The van der Waals surface area contributed by atoms with E-state index in [1.54, 1.807) is 6.08 Å². The number of rotatable bonds is 5. The molecule has 0 N–H and O–H groups in total. The van der Waals surface area contributed by atoms with Gasteiger partial charge in [-0.25, -0.2) is 9.69 Å². The van der Waals surface area contributed by atoms with Crippen LogP contribution in [0, 0.1) is 0 Å². The van der Waals surface area contributed by atoms with Gasteiger partial charge in [0.25, 0.3) is 11.8 Å². The summed E-state index contributed by atoms with van der Waals surface area (Å²) in [5.41, 5.74) is 3.93. The summed E-state index contributed by atoms with van der Waals surface area (Å²) in [7, 11) is 0. The van der Waals surface area contributed by atoms with Crippen LogP contribution in [0.15, 0.2) is 84.9 Å². The predicted octanol–water partition coefficient (Wildman–Crippen LogP) is 4.56. The van der Waals surface area contributed by atoms with Crippen molar-refractivity contribution in [3.63, 3.8) is 0 Å². The van der Waals surface area contributed by atoms with Gasteiger partial charge >= 0.3 is 6.09 Å². The van der Waals surface area contributed by atoms with Crippen LogP contribution in [0.3, 0.4) is 0 Å². The minimum atomic E-state index is -0.650. The first-order valence-electron chi connectivity index (χ1n) is 11.9. The molecule has 2 aliphatic heterocycles. The SMILES string of the molecule is O=C(c1ccccc1-c1cccc(C=CC(=O)N2C(=O)OCC2c2ccccc2)c1)N1CCOCC1. The third-order valence-corrected chi connectivity index (χ3v) is 6.37. The maximum Gasteiger partial charge on any atom is 0.417 e. The van der Waals surface area contributed by atoms with Gasteiger partial charge in [-0.1, -0.05) is 66.7 Å². The Labute approximate surface area is 209 Å². The molecule has 0 saturated carbocycles. The predicted molar refractivity (Wildman–Crippen MR) is 135 cm³/mol. The molecule has 7 heteroatoms. The lowest BCUT2D eigenvalue weighted by Gasteiger charge is -2.27. The molecule has 36 heavy (non-hydrogen) atoms. The van der Waals surface area contributed by atoms with E-state index in [1.165, 1.54) is 6.08 Å². The number of carbonyl (C=O) groups is 3. The smallest absolute Gasteiger partial charge is 0.417 e. The number of carbonyl (C=O) groups excluding carboxylic acids is 3. The maximum absolute atomic E-state index is 13.2. The molecule has 2 saturated heterocycles. The highest BCUT2D eigenvalue weighted by Crippen LogP contribution is 2.29. The molecule has 0 spiro atoms. The number of nitrogens with zero attached hydrogens (tertiary/aromatic N) is 2. The largest absolute Gasteiger partial charge is 0.446 e. The lowest BCUT2D eigenvalue weighted by atomic mass is 9.97. The first-order chi connectivity index (χ1) is 17.6. The minimum Gasteiger partial charge on any atom is -0.446 e. The molecule has 2 heterocycles. The van der Waals surface area contributed by atoms with E-state index < -0.39 is 18.0 Å². The van der Waals surface area contributed by atoms with Crippen LogP contribution in [0.25, 0.3) is 17.2 Å². The molecular weight excluding hydrogens is 456 g/mol. The van der Waals surface area contributed by atoms with Gasteiger partial charge < -0.3 is 14.4 Å². The first-order valence-corrected chi connectivity index (χ1v) is 11.9. The molecule has 3 aromatic rings. The normalized spacial score (nSPS) is 17.9. The Morgan fingerprint density at radius 3 is 2.44 bits per heavy atom. The zero-order valence-corrected chi connectivity index (χ0v) is 19.7. The van der Waals surface area contributed by atoms with Crippen LogP contribution in [-0.4, -0.2) is 60.6 Å². The van der Waals surface area contributed by atoms with Crippen LogP contribution < -0.4 is 0 Å². The summed E-state index contributed by atoms with van der Waals surface area (Å²) < 4.78 is 10.5. The minimum absolute atomic E-state index is 0.0236. The van der Waals surface area contributed by atoms with Crippen molar-refractivity contribution in [2.75, 3.05) is 32.9 Å². The summed E-state index contributed by atoms with van der Waals surface area (Å²) in [6.45, 7) is 2.35. The van der Waals surface area contributed by atoms with Crippen LogP contribution in [0.2, 0.25) is 0 Å². The number of hydrogen-bond acceptors (Lipinski definition) is 5. The van der Waals surface area contributed by atoms with E-state index in [9.17, 15) is 14.4 Å². The summed E-state index contributed by atoms with van der Waals surface area (Å²) in [4.78, 5) is 41.4. The number of amides is 3. The summed E-state index contributed by atoms with van der Waals surface area (Å²) >= 11 is 0. The van der Waals surface area contributed by atoms with E-state index in [4.69, 9.17) is 9.47 Å². The van der Waals surface area contributed by atoms with Gasteiger partial charge in [0.1, 0.15) is 12.6 Å². The Balaban J connectivity index is 1.37. The topological polar surface area (TPSA) is 76.2 Å². The van der Waals surface area contributed by atoms with Crippen molar-refractivity contribution in [3.8, 4) is 11.1 Å². The van der Waals surface area contributed by atoms with Crippen molar-refractivity contribution in [1.82, 2.24) is 9.80 Å². The van der Waals surface area contributed by atoms with E-state index in [-0.39, 0.29) is 12.5 Å². The molecule has 0 aromatic heterocycles. The molecule has 1 atom stereocenters. The standard InChI is InChI=1S/C29H26N2O5/c32-27(31-26(20-36-29(31)34)22-8-2-1-3-9-22)14-13-21-7-6-10-23(19-21)24-11-4-5-12-25(24)28(33)30-15-17-35-18-16-30/h1-14,19,26H,15-18,20H2. The van der Waals surface area contributed by atoms with Gasteiger partial charge in [-0.05, 0) is 40.5 Å². The number of imide groups is 1. The Morgan fingerprint density at radius 1 is 0.889 bits per heavy atom. The van der Waals surface area contributed by atoms with E-state index in [2.05, 4.69) is 0 Å². The van der Waals surface area contributed by atoms with Crippen molar-refractivity contribution < 1.29 is 23.9 Å². The van der Waals surface area contributed by atoms with E-state index in [1.807, 2.05) is 83.8 Å². The molecule has 2 fully saturated rings. The van der Waals surface area contributed by atoms with Crippen molar-refractivity contribution in [2.45, 2.75) is 6.04 Å². The highest BCUT2D eigenvalue weighted by atomic mass is 16.6. The molecule has 3 amide bonds. The average molecular weight is 483 g/mol. The highest BCUT2D eigenvalue weighted by Gasteiger charge is 2.37. The third-order valence-electron chi connectivity index (χ3n) is 6.37. The van der Waals surface area contributed by atoms with E-state index >= 15 is 0 Å². The molecule has 3 aromatic carbocycles. The number of hydrogen-bond donors (Lipinski definition) is 0. The molecule has 1 unspecified atom stereocenters. The lowest BCUT2D eigenvalue weighted by Crippen LogP contribution is -2.40. The second kappa shape index (κ2) is 10.6. The second-order valence-corrected chi connectivity index (χ2v) is 8.62. The highest BCUT2D eigenvalue weighted by molar-refractivity contribution is 6.03. The van der Waals surface area contributed by atoms with Crippen LogP contribution >= 0.6 is 0 Å². The van der Waals surface area contributed by atoms with Crippen molar-refractivity contribution in [2.24, 2.45) is 0 Å². The van der Waals surface area contributed by atoms with Crippen LogP contribution in [0.5, 0.6) is 0 Å². The fourth-order valence-corrected chi connectivity index (χ4v) is 4.50. The second-order valence-electron chi connectivity index (χ2n) is 8.62. The Bertz CT molecular complexity index is 1300. The zero-order chi connectivity index (χ0) is 24.9. The van der Waals surface area contributed by atoms with Gasteiger partial charge in [0.05, 0.1) is 13.2 Å². The third kappa shape index (κ3) is 4.92. The Morgan fingerprint density at radius 2 is 1.64 bits per heavy atom. The molecule has 182 valence electrons. The molecule has 5 rings (SSSR count). The number of ether oxygens (including phenoxy) is 2. The van der Waals surface area contributed by atoms with Gasteiger partial charge in [0, 0.05) is 24.7 Å². The Kier molecular flexibility index (Phi) is 6.91. The van der Waals surface area contributed by atoms with Crippen LogP contribution in [-0.2, 0) is 14.3 Å². The van der Waals surface area contributed by atoms with Crippen LogP contribution in [0.1, 0.15) is 27.5 Å². The van der Waals surface area contributed by atoms with Gasteiger partial charge in [-0.15, -0.1) is 0 Å². The molecule has 0 aliphatic carbocycles. The van der Waals surface area contributed by atoms with Gasteiger partial charge in [-0.2, -0.15) is 0 Å². The molecule has 7 nitrogen and oxygen atoms in total. The van der Waals surface area contributed by atoms with Gasteiger partial charge in [0.15, 0.2) is 0 Å². The number of cyclic esters (lactones) is 1. The lowest BCUT2D eigenvalue weighted by molar-refractivity contribution is -0.124. The molecular formula is C29H26N2O5. The van der Waals surface area contributed by atoms with Crippen LogP contribution in [0.4, 0.5) is 4.79 Å². The quantitative estimate of drug-likeness (QED) is 0.499. The summed E-state index contributed by atoms with van der Waals surface area (Å²) in [5, 5.41) is 0. The molecule has 0 bridgehead atoms. The van der Waals surface area contributed by atoms with Gasteiger partial charge in [-0.3, -0.25) is 9.59 Å². The Hall–Kier alpha value is -4.23. The van der Waals surface area contributed by atoms with Crippen molar-refractivity contribution in [3.05, 3.63) is 102 Å². The zero-order valence-electron chi connectivity index (χ0n) is 19.7. The fourth-order valence-electron chi connectivity index (χ4n) is 4.50. The van der Waals surface area contributed by atoms with Crippen molar-refractivity contribution in [1.29, 1.82) is 0 Å². The average Bonchev–Trinajstić information content (AvgIpc) is 3.34. The van der Waals surface area contributed by atoms with Crippen molar-refractivity contribution >= 4 is 24.0 Å². The molecule has 2 aliphatic rings. The number of morpholine rings is 1. The monoisotopic (exact) mass is 482 g/mol.